The molecule has 2 rings (SSSR count). The Morgan fingerprint density at radius 1 is 1.26 bits per heavy atom. The van der Waals surface area contributed by atoms with E-state index in [4.69, 9.17) is 0 Å². The third kappa shape index (κ3) is 3.63. The first kappa shape index (κ1) is 14.7. The lowest BCUT2D eigenvalue weighted by Gasteiger charge is -2.23. The molecule has 19 heavy (non-hydrogen) atoms. The second kappa shape index (κ2) is 5.32. The summed E-state index contributed by atoms with van der Waals surface area (Å²) in [7, 11) is 0. The van der Waals surface area contributed by atoms with Gasteiger partial charge in [-0.25, -0.2) is 0 Å². The van der Waals surface area contributed by atoms with E-state index in [9.17, 15) is 18.3 Å². The highest BCUT2D eigenvalue weighted by Gasteiger charge is 2.32. The molecule has 1 aromatic rings. The van der Waals surface area contributed by atoms with Crippen LogP contribution in [0.15, 0.2) is 22.7 Å². The Balaban J connectivity index is 2.11. The van der Waals surface area contributed by atoms with E-state index >= 15 is 0 Å². The molecule has 0 aromatic heterocycles. The highest BCUT2D eigenvalue weighted by atomic mass is 79.9. The Labute approximate surface area is 118 Å². The number of alkyl halides is 3. The summed E-state index contributed by atoms with van der Waals surface area (Å²) in [6.07, 6.45) is -1.06. The minimum atomic E-state index is -4.36. The summed E-state index contributed by atoms with van der Waals surface area (Å²) in [6.45, 7) is 0.271. The van der Waals surface area contributed by atoms with Gasteiger partial charge in [0.1, 0.15) is 0 Å². The van der Waals surface area contributed by atoms with E-state index in [2.05, 4.69) is 21.2 Å². The maximum atomic E-state index is 12.6. The molecule has 0 atom stereocenters. The van der Waals surface area contributed by atoms with Gasteiger partial charge in [0, 0.05) is 16.7 Å². The largest absolute Gasteiger partial charge is 0.416 e. The van der Waals surface area contributed by atoms with Crippen LogP contribution in [0.3, 0.4) is 0 Å². The lowest BCUT2D eigenvalue weighted by molar-refractivity contribution is -0.137. The van der Waals surface area contributed by atoms with Crippen molar-refractivity contribution >= 4 is 21.6 Å². The number of aliphatic hydroxyl groups is 1. The van der Waals surface area contributed by atoms with E-state index in [-0.39, 0.29) is 6.54 Å². The topological polar surface area (TPSA) is 32.3 Å². The minimum Gasteiger partial charge on any atom is -0.388 e. The predicted molar refractivity (Wildman–Crippen MR) is 71.1 cm³/mol. The molecule has 6 heteroatoms. The first-order valence-electron chi connectivity index (χ1n) is 6.13. The van der Waals surface area contributed by atoms with Gasteiger partial charge < -0.3 is 10.4 Å². The quantitative estimate of drug-likeness (QED) is 0.866. The van der Waals surface area contributed by atoms with Gasteiger partial charge in [-0.2, -0.15) is 13.2 Å². The molecule has 0 unspecified atom stereocenters. The zero-order chi connectivity index (χ0) is 14.1. The van der Waals surface area contributed by atoms with E-state index in [1.807, 2.05) is 0 Å². The smallest absolute Gasteiger partial charge is 0.388 e. The molecule has 1 aromatic carbocycles. The maximum Gasteiger partial charge on any atom is 0.416 e. The molecule has 0 spiro atoms. The molecule has 1 aliphatic rings. The summed E-state index contributed by atoms with van der Waals surface area (Å²) in [6, 6.07) is 3.45. The first-order chi connectivity index (χ1) is 8.80. The fourth-order valence-corrected chi connectivity index (χ4v) is 2.69. The molecule has 1 fully saturated rings. The van der Waals surface area contributed by atoms with Crippen molar-refractivity contribution in [3.05, 3.63) is 28.2 Å². The molecule has 106 valence electrons. The standard InChI is InChI=1S/C13H15BrF3NO/c14-10-4-3-9(13(15,16)17)7-11(10)18-8-12(19)5-1-2-6-12/h3-4,7,18-19H,1-2,5-6,8H2. The molecule has 0 saturated heterocycles. The van der Waals surface area contributed by atoms with Crippen molar-refractivity contribution in [2.75, 3.05) is 11.9 Å². The van der Waals surface area contributed by atoms with Crippen LogP contribution in [0.1, 0.15) is 31.2 Å². The van der Waals surface area contributed by atoms with Crippen LogP contribution in [-0.4, -0.2) is 17.3 Å². The van der Waals surface area contributed by atoms with Gasteiger partial charge in [-0.3, -0.25) is 0 Å². The summed E-state index contributed by atoms with van der Waals surface area (Å²) in [5.74, 6) is 0. The Morgan fingerprint density at radius 2 is 1.89 bits per heavy atom. The van der Waals surface area contributed by atoms with Crippen molar-refractivity contribution < 1.29 is 18.3 Å². The fourth-order valence-electron chi connectivity index (χ4n) is 2.31. The van der Waals surface area contributed by atoms with Crippen LogP contribution in [0.4, 0.5) is 18.9 Å². The molecule has 0 heterocycles. The van der Waals surface area contributed by atoms with Crippen LogP contribution in [0, 0.1) is 0 Å². The summed E-state index contributed by atoms with van der Waals surface area (Å²) in [5, 5.41) is 13.1. The lowest BCUT2D eigenvalue weighted by atomic mass is 10.0. The maximum absolute atomic E-state index is 12.6. The van der Waals surface area contributed by atoms with Crippen LogP contribution in [0.2, 0.25) is 0 Å². The lowest BCUT2D eigenvalue weighted by Crippen LogP contribution is -2.33. The second-order valence-electron chi connectivity index (χ2n) is 4.98. The SMILES string of the molecule is OC1(CNc2cc(C(F)(F)F)ccc2Br)CCCC1. The van der Waals surface area contributed by atoms with Gasteiger partial charge in [0.05, 0.1) is 11.2 Å². The molecule has 1 aliphatic carbocycles. The average Bonchev–Trinajstić information content (AvgIpc) is 2.74. The van der Waals surface area contributed by atoms with E-state index < -0.39 is 17.3 Å². The molecule has 0 aliphatic heterocycles. The number of halogens is 4. The Bertz CT molecular complexity index is 456. The monoisotopic (exact) mass is 337 g/mol. The molecule has 0 amide bonds. The van der Waals surface area contributed by atoms with Crippen molar-refractivity contribution in [1.82, 2.24) is 0 Å². The summed E-state index contributed by atoms with van der Waals surface area (Å²) in [5.41, 5.74) is -1.14. The number of nitrogens with one attached hydrogen (secondary N) is 1. The Morgan fingerprint density at radius 3 is 2.47 bits per heavy atom. The number of anilines is 1. The third-order valence-corrected chi connectivity index (χ3v) is 4.13. The van der Waals surface area contributed by atoms with Crippen molar-refractivity contribution in [3.8, 4) is 0 Å². The van der Waals surface area contributed by atoms with Crippen LogP contribution in [0.5, 0.6) is 0 Å². The van der Waals surface area contributed by atoms with E-state index in [1.54, 1.807) is 0 Å². The van der Waals surface area contributed by atoms with Gasteiger partial charge in [0.2, 0.25) is 0 Å². The van der Waals surface area contributed by atoms with Gasteiger partial charge in [0.15, 0.2) is 0 Å². The number of hydrogen-bond acceptors (Lipinski definition) is 2. The Kier molecular flexibility index (Phi) is 4.11. The van der Waals surface area contributed by atoms with Crippen LogP contribution < -0.4 is 5.32 Å². The number of hydrogen-bond donors (Lipinski definition) is 2. The highest BCUT2D eigenvalue weighted by Crippen LogP contribution is 2.35. The first-order valence-corrected chi connectivity index (χ1v) is 6.92. The third-order valence-electron chi connectivity index (χ3n) is 3.44. The van der Waals surface area contributed by atoms with E-state index in [0.717, 1.165) is 25.0 Å². The summed E-state index contributed by atoms with van der Waals surface area (Å²) < 4.78 is 38.4. The zero-order valence-electron chi connectivity index (χ0n) is 10.2. The van der Waals surface area contributed by atoms with Gasteiger partial charge in [0.25, 0.3) is 0 Å². The number of benzene rings is 1. The van der Waals surface area contributed by atoms with Gasteiger partial charge in [-0.15, -0.1) is 0 Å². The van der Waals surface area contributed by atoms with Crippen LogP contribution >= 0.6 is 15.9 Å². The van der Waals surface area contributed by atoms with E-state index in [0.29, 0.717) is 23.0 Å². The Hall–Kier alpha value is -0.750. The summed E-state index contributed by atoms with van der Waals surface area (Å²) >= 11 is 3.21. The van der Waals surface area contributed by atoms with Crippen molar-refractivity contribution in [1.29, 1.82) is 0 Å². The normalized spacial score (nSPS) is 18.6. The molecule has 2 nitrogen and oxygen atoms in total. The molecule has 1 saturated carbocycles. The summed E-state index contributed by atoms with van der Waals surface area (Å²) in [4.78, 5) is 0. The van der Waals surface area contributed by atoms with Gasteiger partial charge >= 0.3 is 6.18 Å². The molecule has 0 radical (unpaired) electrons. The van der Waals surface area contributed by atoms with Crippen molar-refractivity contribution in [3.63, 3.8) is 0 Å². The van der Waals surface area contributed by atoms with Crippen molar-refractivity contribution in [2.45, 2.75) is 37.5 Å². The molecular formula is C13H15BrF3NO. The second-order valence-corrected chi connectivity index (χ2v) is 5.83. The molecule has 0 bridgehead atoms. The van der Waals surface area contributed by atoms with Crippen LogP contribution in [0.25, 0.3) is 0 Å². The molecular weight excluding hydrogens is 323 g/mol. The van der Waals surface area contributed by atoms with Gasteiger partial charge in [-0.1, -0.05) is 12.8 Å². The van der Waals surface area contributed by atoms with Crippen molar-refractivity contribution in [2.24, 2.45) is 0 Å². The molecule has 2 N–H and O–H groups in total. The minimum absolute atomic E-state index is 0.271. The average molecular weight is 338 g/mol. The van der Waals surface area contributed by atoms with E-state index in [1.165, 1.54) is 6.07 Å². The number of rotatable bonds is 3. The van der Waals surface area contributed by atoms with Gasteiger partial charge in [-0.05, 0) is 47.0 Å². The van der Waals surface area contributed by atoms with Crippen LogP contribution in [-0.2, 0) is 6.18 Å². The fraction of sp³-hybridized carbons (Fsp3) is 0.538. The predicted octanol–water partition coefficient (Wildman–Crippen LogP) is 4.18. The highest BCUT2D eigenvalue weighted by molar-refractivity contribution is 9.10. The zero-order valence-corrected chi connectivity index (χ0v) is 11.8.